The Bertz CT molecular complexity index is 560. The van der Waals surface area contributed by atoms with Crippen molar-refractivity contribution in [2.45, 2.75) is 52.4 Å². The maximum Gasteiger partial charge on any atom is 0.123 e. The van der Waals surface area contributed by atoms with Crippen molar-refractivity contribution in [3.63, 3.8) is 0 Å². The Hall–Kier alpha value is -1.28. The molecule has 0 fully saturated rings. The summed E-state index contributed by atoms with van der Waals surface area (Å²) in [5, 5.41) is 14.9. The molecule has 0 bridgehead atoms. The van der Waals surface area contributed by atoms with Crippen molar-refractivity contribution in [3.8, 4) is 16.9 Å². The zero-order valence-electron chi connectivity index (χ0n) is 13.2. The zero-order chi connectivity index (χ0) is 15.1. The molecule has 2 heteroatoms. The number of hydrogen-bond acceptors (Lipinski definition) is 2. The fourth-order valence-corrected chi connectivity index (χ4v) is 3.04. The van der Waals surface area contributed by atoms with Crippen LogP contribution in [-0.4, -0.2) is 5.11 Å². The molecule has 0 saturated carbocycles. The van der Waals surface area contributed by atoms with E-state index in [1.54, 1.807) is 11.3 Å². The average Bonchev–Trinajstić information content (AvgIpc) is 2.79. The third-order valence-electron chi connectivity index (χ3n) is 3.58. The van der Waals surface area contributed by atoms with Gasteiger partial charge in [-0.15, -0.1) is 0 Å². The Morgan fingerprint density at radius 3 is 1.70 bits per heavy atom. The maximum absolute atomic E-state index is 10.7. The predicted octanol–water partition coefficient (Wildman–Crippen LogP) is 5.72. The first kappa shape index (κ1) is 15.1. The van der Waals surface area contributed by atoms with Gasteiger partial charge in [0, 0.05) is 11.1 Å². The topological polar surface area (TPSA) is 20.2 Å². The van der Waals surface area contributed by atoms with Gasteiger partial charge in [0.1, 0.15) is 5.75 Å². The SMILES string of the molecule is CC(C)(C)c1cc(-c2ccsc2)cc(C(C)(C)C)c1O. The van der Waals surface area contributed by atoms with Crippen LogP contribution in [0.2, 0.25) is 0 Å². The second-order valence-electron chi connectivity index (χ2n) is 7.43. The van der Waals surface area contributed by atoms with Gasteiger partial charge < -0.3 is 5.11 Å². The Labute approximate surface area is 126 Å². The van der Waals surface area contributed by atoms with Crippen LogP contribution in [0, 0.1) is 0 Å². The van der Waals surface area contributed by atoms with Crippen LogP contribution in [0.25, 0.3) is 11.1 Å². The summed E-state index contributed by atoms with van der Waals surface area (Å²) in [6.45, 7) is 12.9. The molecule has 0 radical (unpaired) electrons. The Kier molecular flexibility index (Phi) is 3.72. The van der Waals surface area contributed by atoms with Crippen molar-refractivity contribution in [1.82, 2.24) is 0 Å². The van der Waals surface area contributed by atoms with Crippen molar-refractivity contribution < 1.29 is 5.11 Å². The van der Waals surface area contributed by atoms with Gasteiger partial charge in [0.05, 0.1) is 0 Å². The molecule has 2 rings (SSSR count). The summed E-state index contributed by atoms with van der Waals surface area (Å²) in [5.41, 5.74) is 4.31. The van der Waals surface area contributed by atoms with E-state index in [4.69, 9.17) is 0 Å². The second kappa shape index (κ2) is 4.92. The van der Waals surface area contributed by atoms with Crippen LogP contribution in [0.5, 0.6) is 5.75 Å². The molecule has 1 aromatic carbocycles. The minimum absolute atomic E-state index is 0.0733. The average molecular weight is 288 g/mol. The second-order valence-corrected chi connectivity index (χ2v) is 8.21. The molecule has 0 atom stereocenters. The van der Waals surface area contributed by atoms with Gasteiger partial charge in [-0.25, -0.2) is 0 Å². The third kappa shape index (κ3) is 2.90. The van der Waals surface area contributed by atoms with Gasteiger partial charge in [0.25, 0.3) is 0 Å². The first-order valence-electron chi connectivity index (χ1n) is 7.01. The summed E-state index contributed by atoms with van der Waals surface area (Å²) in [6.07, 6.45) is 0. The first-order valence-corrected chi connectivity index (χ1v) is 7.95. The first-order chi connectivity index (χ1) is 9.10. The number of benzene rings is 1. The lowest BCUT2D eigenvalue weighted by Crippen LogP contribution is -2.17. The molecule has 108 valence electrons. The molecule has 0 aliphatic heterocycles. The fourth-order valence-electron chi connectivity index (χ4n) is 2.37. The zero-order valence-corrected chi connectivity index (χ0v) is 14.1. The number of hydrogen-bond donors (Lipinski definition) is 1. The smallest absolute Gasteiger partial charge is 0.123 e. The van der Waals surface area contributed by atoms with E-state index >= 15 is 0 Å². The monoisotopic (exact) mass is 288 g/mol. The van der Waals surface area contributed by atoms with Gasteiger partial charge in [0.15, 0.2) is 0 Å². The van der Waals surface area contributed by atoms with E-state index < -0.39 is 0 Å². The third-order valence-corrected chi connectivity index (χ3v) is 4.26. The number of phenols is 1. The molecule has 1 aromatic heterocycles. The van der Waals surface area contributed by atoms with Gasteiger partial charge in [0.2, 0.25) is 0 Å². The van der Waals surface area contributed by atoms with E-state index in [0.29, 0.717) is 5.75 Å². The summed E-state index contributed by atoms with van der Waals surface area (Å²) in [5.74, 6) is 0.448. The highest BCUT2D eigenvalue weighted by Gasteiger charge is 2.26. The van der Waals surface area contributed by atoms with Crippen LogP contribution in [0.15, 0.2) is 29.0 Å². The largest absolute Gasteiger partial charge is 0.507 e. The Morgan fingerprint density at radius 2 is 1.35 bits per heavy atom. The summed E-state index contributed by atoms with van der Waals surface area (Å²) in [4.78, 5) is 0. The van der Waals surface area contributed by atoms with E-state index in [1.807, 2.05) is 0 Å². The number of rotatable bonds is 1. The number of phenolic OH excluding ortho intramolecular Hbond substituents is 1. The Morgan fingerprint density at radius 1 is 0.850 bits per heavy atom. The summed E-state index contributed by atoms with van der Waals surface area (Å²) in [7, 11) is 0. The van der Waals surface area contributed by atoms with E-state index in [0.717, 1.165) is 11.1 Å². The van der Waals surface area contributed by atoms with Gasteiger partial charge >= 0.3 is 0 Å². The van der Waals surface area contributed by atoms with Crippen molar-refractivity contribution in [2.75, 3.05) is 0 Å². The number of aromatic hydroxyl groups is 1. The molecule has 1 nitrogen and oxygen atoms in total. The van der Waals surface area contributed by atoms with Gasteiger partial charge in [-0.3, -0.25) is 0 Å². The summed E-state index contributed by atoms with van der Waals surface area (Å²) < 4.78 is 0. The highest BCUT2D eigenvalue weighted by molar-refractivity contribution is 7.08. The van der Waals surface area contributed by atoms with Crippen molar-refractivity contribution in [1.29, 1.82) is 0 Å². The van der Waals surface area contributed by atoms with Gasteiger partial charge in [-0.05, 0) is 50.9 Å². The molecule has 1 heterocycles. The fraction of sp³-hybridized carbons (Fsp3) is 0.444. The molecule has 20 heavy (non-hydrogen) atoms. The summed E-state index contributed by atoms with van der Waals surface area (Å²) in [6, 6.07) is 6.40. The van der Waals surface area contributed by atoms with Crippen LogP contribution in [0.1, 0.15) is 52.7 Å². The van der Waals surface area contributed by atoms with Crippen LogP contribution in [-0.2, 0) is 10.8 Å². The van der Waals surface area contributed by atoms with Crippen LogP contribution >= 0.6 is 11.3 Å². The predicted molar refractivity (Wildman–Crippen MR) is 88.8 cm³/mol. The standard InChI is InChI=1S/C18H24OS/c1-17(2,3)14-9-13(12-7-8-20-11-12)10-15(16(14)19)18(4,5)6/h7-11,19H,1-6H3. The van der Waals surface area contributed by atoms with Crippen molar-refractivity contribution in [2.24, 2.45) is 0 Å². The van der Waals surface area contributed by atoms with E-state index in [-0.39, 0.29) is 10.8 Å². The molecule has 0 aliphatic rings. The molecule has 0 saturated heterocycles. The molecule has 2 aromatic rings. The van der Waals surface area contributed by atoms with Gasteiger partial charge in [-0.2, -0.15) is 11.3 Å². The van der Waals surface area contributed by atoms with E-state index in [9.17, 15) is 5.11 Å². The lowest BCUT2D eigenvalue weighted by molar-refractivity contribution is 0.423. The Balaban J connectivity index is 2.74. The van der Waals surface area contributed by atoms with Crippen molar-refractivity contribution in [3.05, 3.63) is 40.1 Å². The van der Waals surface area contributed by atoms with Crippen LogP contribution in [0.4, 0.5) is 0 Å². The molecular formula is C18H24OS. The molecule has 0 aliphatic carbocycles. The molecule has 0 unspecified atom stereocenters. The molecular weight excluding hydrogens is 264 g/mol. The molecule has 1 N–H and O–H groups in total. The molecule has 0 spiro atoms. The van der Waals surface area contributed by atoms with Gasteiger partial charge in [-0.1, -0.05) is 41.5 Å². The van der Waals surface area contributed by atoms with Crippen molar-refractivity contribution >= 4 is 11.3 Å². The molecule has 0 amide bonds. The summed E-state index contributed by atoms with van der Waals surface area (Å²) >= 11 is 1.70. The van der Waals surface area contributed by atoms with E-state index in [2.05, 4.69) is 70.5 Å². The minimum atomic E-state index is -0.0733. The lowest BCUT2D eigenvalue weighted by Gasteiger charge is -2.28. The quantitative estimate of drug-likeness (QED) is 0.712. The normalized spacial score (nSPS) is 12.7. The van der Waals surface area contributed by atoms with Crippen LogP contribution < -0.4 is 0 Å². The highest BCUT2D eigenvalue weighted by Crippen LogP contribution is 2.42. The van der Waals surface area contributed by atoms with E-state index in [1.165, 1.54) is 11.1 Å². The maximum atomic E-state index is 10.7. The van der Waals surface area contributed by atoms with Crippen LogP contribution in [0.3, 0.4) is 0 Å². The highest BCUT2D eigenvalue weighted by atomic mass is 32.1. The lowest BCUT2D eigenvalue weighted by atomic mass is 9.78. The minimum Gasteiger partial charge on any atom is -0.507 e. The number of thiophene rings is 1.